The molecule has 0 spiro atoms. The molecular weight excluding hydrogens is 262 g/mol. The number of amides is 1. The number of methoxy groups -OCH3 is 1. The second-order valence-electron chi connectivity index (χ2n) is 4.43. The van der Waals surface area contributed by atoms with Crippen LogP contribution in [0.1, 0.15) is 18.4 Å². The predicted molar refractivity (Wildman–Crippen MR) is 72.5 cm³/mol. The van der Waals surface area contributed by atoms with Crippen LogP contribution in [0.5, 0.6) is 5.75 Å². The molecule has 0 aliphatic rings. The van der Waals surface area contributed by atoms with Crippen LogP contribution in [-0.4, -0.2) is 41.8 Å². The summed E-state index contributed by atoms with van der Waals surface area (Å²) in [6, 6.07) is 5.24. The van der Waals surface area contributed by atoms with E-state index >= 15 is 0 Å². The summed E-state index contributed by atoms with van der Waals surface area (Å²) in [5, 5.41) is 20.8. The summed E-state index contributed by atoms with van der Waals surface area (Å²) < 4.78 is 4.83. The first-order chi connectivity index (χ1) is 9.52. The Balaban J connectivity index is 2.54. The molecule has 6 nitrogen and oxygen atoms in total. The molecule has 0 saturated carbocycles. The zero-order valence-electron chi connectivity index (χ0n) is 11.3. The van der Waals surface area contributed by atoms with Crippen molar-refractivity contribution in [3.05, 3.63) is 29.8 Å². The van der Waals surface area contributed by atoms with Gasteiger partial charge in [-0.3, -0.25) is 4.79 Å². The van der Waals surface area contributed by atoms with Crippen LogP contribution in [0.4, 0.5) is 0 Å². The fourth-order valence-electron chi connectivity index (χ4n) is 1.71. The number of nitrogens with one attached hydrogen (secondary N) is 1. The highest BCUT2D eigenvalue weighted by molar-refractivity contribution is 5.83. The third-order valence-corrected chi connectivity index (χ3v) is 2.76. The number of carboxylic acid groups (broad SMARTS) is 1. The molecule has 0 saturated heterocycles. The molecule has 0 unspecified atom stereocenters. The molecule has 0 aromatic heterocycles. The Morgan fingerprint density at radius 1 is 1.30 bits per heavy atom. The van der Waals surface area contributed by atoms with E-state index in [1.807, 2.05) is 0 Å². The average molecular weight is 281 g/mol. The number of ether oxygens (including phenoxy) is 1. The minimum absolute atomic E-state index is 0.115. The number of benzene rings is 1. The molecule has 3 N–H and O–H groups in total. The van der Waals surface area contributed by atoms with Crippen LogP contribution in [0.3, 0.4) is 0 Å². The Labute approximate surface area is 117 Å². The van der Waals surface area contributed by atoms with Crippen LogP contribution in [0.25, 0.3) is 0 Å². The number of carboxylic acids is 1. The summed E-state index contributed by atoms with van der Waals surface area (Å²) >= 11 is 0. The van der Waals surface area contributed by atoms with E-state index in [1.165, 1.54) is 12.1 Å². The van der Waals surface area contributed by atoms with Gasteiger partial charge in [-0.25, -0.2) is 4.79 Å². The molecule has 1 aromatic carbocycles. The molecule has 1 atom stereocenters. The first-order valence-electron chi connectivity index (χ1n) is 6.32. The second kappa shape index (κ2) is 8.16. The largest absolute Gasteiger partial charge is 0.508 e. The van der Waals surface area contributed by atoms with E-state index in [4.69, 9.17) is 14.9 Å². The maximum absolute atomic E-state index is 11.6. The monoisotopic (exact) mass is 281 g/mol. The lowest BCUT2D eigenvalue weighted by Gasteiger charge is -2.14. The Morgan fingerprint density at radius 3 is 2.50 bits per heavy atom. The van der Waals surface area contributed by atoms with E-state index in [-0.39, 0.29) is 24.5 Å². The standard InChI is InChI=1S/C14H19NO5/c1-20-8-2-3-13(17)15-12(14(18)19)9-10-4-6-11(16)7-5-10/h4-7,12,16H,2-3,8-9H2,1H3,(H,15,17)(H,18,19)/t12-/m0/s1. The van der Waals surface area contributed by atoms with E-state index in [0.717, 1.165) is 5.56 Å². The summed E-state index contributed by atoms with van der Waals surface area (Å²) in [5.74, 6) is -1.28. The SMILES string of the molecule is COCCCC(=O)N[C@@H](Cc1ccc(O)cc1)C(=O)O. The van der Waals surface area contributed by atoms with Crippen molar-refractivity contribution in [2.75, 3.05) is 13.7 Å². The Kier molecular flexibility index (Phi) is 6.52. The zero-order chi connectivity index (χ0) is 15.0. The molecule has 0 bridgehead atoms. The quantitative estimate of drug-likeness (QED) is 0.616. The summed E-state index contributed by atoms with van der Waals surface area (Å²) in [6.45, 7) is 0.461. The number of hydrogen-bond donors (Lipinski definition) is 3. The average Bonchev–Trinajstić information content (AvgIpc) is 2.40. The van der Waals surface area contributed by atoms with Gasteiger partial charge >= 0.3 is 5.97 Å². The number of hydrogen-bond acceptors (Lipinski definition) is 4. The van der Waals surface area contributed by atoms with Crippen LogP contribution in [-0.2, 0) is 20.7 Å². The van der Waals surface area contributed by atoms with Crippen molar-refractivity contribution < 1.29 is 24.5 Å². The second-order valence-corrected chi connectivity index (χ2v) is 4.43. The van der Waals surface area contributed by atoms with Crippen LogP contribution in [0, 0.1) is 0 Å². The number of phenols is 1. The minimum atomic E-state index is -1.09. The molecular formula is C14H19NO5. The Bertz CT molecular complexity index is 443. The fourth-order valence-corrected chi connectivity index (χ4v) is 1.71. The molecule has 0 aliphatic heterocycles. The number of rotatable bonds is 8. The van der Waals surface area contributed by atoms with Crippen LogP contribution in [0.2, 0.25) is 0 Å². The maximum atomic E-state index is 11.6. The molecule has 0 aliphatic carbocycles. The normalized spacial score (nSPS) is 11.8. The van der Waals surface area contributed by atoms with Gasteiger partial charge in [0, 0.05) is 26.6 Å². The molecule has 20 heavy (non-hydrogen) atoms. The third kappa shape index (κ3) is 5.71. The molecule has 110 valence electrons. The van der Waals surface area contributed by atoms with Gasteiger partial charge in [-0.15, -0.1) is 0 Å². The first kappa shape index (κ1) is 16.0. The van der Waals surface area contributed by atoms with E-state index in [2.05, 4.69) is 5.32 Å². The lowest BCUT2D eigenvalue weighted by Crippen LogP contribution is -2.42. The molecule has 0 heterocycles. The van der Waals surface area contributed by atoms with Crippen LogP contribution >= 0.6 is 0 Å². The van der Waals surface area contributed by atoms with E-state index < -0.39 is 12.0 Å². The Hall–Kier alpha value is -2.08. The highest BCUT2D eigenvalue weighted by Gasteiger charge is 2.20. The summed E-state index contributed by atoms with van der Waals surface area (Å²) in [5.41, 5.74) is 0.729. The van der Waals surface area contributed by atoms with Crippen molar-refractivity contribution in [3.63, 3.8) is 0 Å². The fraction of sp³-hybridized carbons (Fsp3) is 0.429. The lowest BCUT2D eigenvalue weighted by atomic mass is 10.1. The summed E-state index contributed by atoms with van der Waals surface area (Å²) in [6.07, 6.45) is 0.951. The van der Waals surface area contributed by atoms with Gasteiger partial charge in [-0.2, -0.15) is 0 Å². The van der Waals surface area contributed by atoms with E-state index in [1.54, 1.807) is 19.2 Å². The maximum Gasteiger partial charge on any atom is 0.326 e. The van der Waals surface area contributed by atoms with Gasteiger partial charge in [0.05, 0.1) is 0 Å². The molecule has 1 amide bonds. The highest BCUT2D eigenvalue weighted by atomic mass is 16.5. The Morgan fingerprint density at radius 2 is 1.95 bits per heavy atom. The topological polar surface area (TPSA) is 95.9 Å². The number of carbonyl (C=O) groups excluding carboxylic acids is 1. The smallest absolute Gasteiger partial charge is 0.326 e. The minimum Gasteiger partial charge on any atom is -0.508 e. The van der Waals surface area contributed by atoms with E-state index in [0.29, 0.717) is 13.0 Å². The number of carbonyl (C=O) groups is 2. The van der Waals surface area contributed by atoms with Crippen LogP contribution in [0.15, 0.2) is 24.3 Å². The van der Waals surface area contributed by atoms with Gasteiger partial charge < -0.3 is 20.3 Å². The van der Waals surface area contributed by atoms with Crippen molar-refractivity contribution in [2.24, 2.45) is 0 Å². The molecule has 0 fully saturated rings. The van der Waals surface area contributed by atoms with Crippen molar-refractivity contribution >= 4 is 11.9 Å². The number of aliphatic carboxylic acids is 1. The predicted octanol–water partition coefficient (Wildman–Crippen LogP) is 0.931. The molecule has 6 heteroatoms. The number of phenolic OH excluding ortho intramolecular Hbond substituents is 1. The van der Waals surface area contributed by atoms with Crippen molar-refractivity contribution in [1.29, 1.82) is 0 Å². The zero-order valence-corrected chi connectivity index (χ0v) is 11.3. The number of aromatic hydroxyl groups is 1. The first-order valence-corrected chi connectivity index (χ1v) is 6.32. The van der Waals surface area contributed by atoms with Gasteiger partial charge in [-0.1, -0.05) is 12.1 Å². The van der Waals surface area contributed by atoms with Gasteiger partial charge in [0.25, 0.3) is 0 Å². The van der Waals surface area contributed by atoms with Crippen molar-refractivity contribution in [1.82, 2.24) is 5.32 Å². The van der Waals surface area contributed by atoms with Gasteiger partial charge in [-0.05, 0) is 24.1 Å². The molecule has 1 aromatic rings. The van der Waals surface area contributed by atoms with Crippen LogP contribution < -0.4 is 5.32 Å². The van der Waals surface area contributed by atoms with Gasteiger partial charge in [0.1, 0.15) is 11.8 Å². The van der Waals surface area contributed by atoms with E-state index in [9.17, 15) is 9.59 Å². The van der Waals surface area contributed by atoms with Crippen molar-refractivity contribution in [2.45, 2.75) is 25.3 Å². The third-order valence-electron chi connectivity index (χ3n) is 2.76. The molecule has 0 radical (unpaired) electrons. The van der Waals surface area contributed by atoms with Gasteiger partial charge in [0.2, 0.25) is 5.91 Å². The lowest BCUT2D eigenvalue weighted by molar-refractivity contribution is -0.141. The van der Waals surface area contributed by atoms with Gasteiger partial charge in [0.15, 0.2) is 0 Å². The molecule has 1 rings (SSSR count). The van der Waals surface area contributed by atoms with Crippen molar-refractivity contribution in [3.8, 4) is 5.75 Å². The highest BCUT2D eigenvalue weighted by Crippen LogP contribution is 2.11. The summed E-state index contributed by atoms with van der Waals surface area (Å²) in [4.78, 5) is 22.8. The summed E-state index contributed by atoms with van der Waals surface area (Å²) in [7, 11) is 1.54.